The molecule has 0 radical (unpaired) electrons. The summed E-state index contributed by atoms with van der Waals surface area (Å²) >= 11 is 3.23. The molecule has 12 heavy (non-hydrogen) atoms. The monoisotopic (exact) mass is 232 g/mol. The van der Waals surface area contributed by atoms with Crippen LogP contribution in [0.1, 0.15) is 18.0 Å². The number of aromatic nitrogens is 1. The second-order valence-corrected chi connectivity index (χ2v) is 3.24. The van der Waals surface area contributed by atoms with E-state index in [-0.39, 0.29) is 6.42 Å². The van der Waals surface area contributed by atoms with E-state index >= 15 is 0 Å². The number of carboxylic acid groups (broad SMARTS) is 1. The van der Waals surface area contributed by atoms with E-state index in [1.807, 2.05) is 0 Å². The number of halogens is 1. The molecular formula is C7H9BrN2O2. The number of nitrogens with one attached hydrogen (secondary N) is 1. The molecule has 1 rings (SSSR count). The Hall–Kier alpha value is -0.810. The molecular weight excluding hydrogens is 224 g/mol. The van der Waals surface area contributed by atoms with Gasteiger partial charge in [0.05, 0.1) is 11.0 Å². The van der Waals surface area contributed by atoms with E-state index in [2.05, 4.69) is 20.9 Å². The first-order valence-corrected chi connectivity index (χ1v) is 4.20. The van der Waals surface area contributed by atoms with E-state index < -0.39 is 12.0 Å². The fourth-order valence-electron chi connectivity index (χ4n) is 0.946. The maximum atomic E-state index is 10.3. The number of aromatic amines is 1. The van der Waals surface area contributed by atoms with E-state index in [0.717, 1.165) is 10.2 Å². The summed E-state index contributed by atoms with van der Waals surface area (Å²) in [6.45, 7) is 0. The first-order valence-electron chi connectivity index (χ1n) is 3.41. The highest BCUT2D eigenvalue weighted by Crippen LogP contribution is 2.22. The molecule has 0 aliphatic rings. The Kier molecular flexibility index (Phi) is 2.88. The molecule has 0 fully saturated rings. The second kappa shape index (κ2) is 3.73. The van der Waals surface area contributed by atoms with Crippen molar-refractivity contribution in [3.8, 4) is 0 Å². The number of nitrogens with two attached hydrogens (primary N) is 1. The molecule has 4 nitrogen and oxygen atoms in total. The third kappa shape index (κ3) is 2.09. The number of aliphatic carboxylic acids is 1. The summed E-state index contributed by atoms with van der Waals surface area (Å²) in [5.74, 6) is -0.893. The Morgan fingerprint density at radius 2 is 2.50 bits per heavy atom. The highest BCUT2D eigenvalue weighted by Gasteiger charge is 2.13. The first-order chi connectivity index (χ1) is 5.61. The number of H-pyrrole nitrogens is 1. The average molecular weight is 233 g/mol. The summed E-state index contributed by atoms with van der Waals surface area (Å²) in [7, 11) is 0. The molecule has 1 aromatic rings. The molecule has 66 valence electrons. The van der Waals surface area contributed by atoms with Crippen molar-refractivity contribution in [3.63, 3.8) is 0 Å². The second-order valence-electron chi connectivity index (χ2n) is 2.45. The lowest BCUT2D eigenvalue weighted by atomic mass is 10.1. The minimum absolute atomic E-state index is 0.0591. The minimum Gasteiger partial charge on any atom is -0.481 e. The van der Waals surface area contributed by atoms with Crippen LogP contribution in [0.25, 0.3) is 0 Å². The van der Waals surface area contributed by atoms with Crippen molar-refractivity contribution in [1.29, 1.82) is 0 Å². The highest BCUT2D eigenvalue weighted by molar-refractivity contribution is 9.10. The summed E-state index contributed by atoms with van der Waals surface area (Å²) < 4.78 is 0.747. The molecule has 1 atom stereocenters. The molecule has 0 aliphatic heterocycles. The van der Waals surface area contributed by atoms with Crippen LogP contribution < -0.4 is 5.73 Å². The molecule has 0 spiro atoms. The van der Waals surface area contributed by atoms with Crippen LogP contribution in [0.2, 0.25) is 0 Å². The third-order valence-electron chi connectivity index (χ3n) is 1.52. The summed E-state index contributed by atoms with van der Waals surface area (Å²) in [5, 5.41) is 8.47. The van der Waals surface area contributed by atoms with E-state index in [4.69, 9.17) is 10.8 Å². The molecule has 1 aromatic heterocycles. The van der Waals surface area contributed by atoms with Gasteiger partial charge < -0.3 is 15.8 Å². The molecule has 1 heterocycles. The first kappa shape index (κ1) is 9.28. The number of carboxylic acids is 1. The van der Waals surface area contributed by atoms with Gasteiger partial charge in [0.25, 0.3) is 0 Å². The van der Waals surface area contributed by atoms with Gasteiger partial charge in [-0.05, 0) is 22.0 Å². The van der Waals surface area contributed by atoms with Gasteiger partial charge >= 0.3 is 5.97 Å². The Balaban J connectivity index is 2.71. The van der Waals surface area contributed by atoms with Gasteiger partial charge in [-0.3, -0.25) is 4.79 Å². The molecule has 0 saturated heterocycles. The van der Waals surface area contributed by atoms with Gasteiger partial charge in [-0.25, -0.2) is 0 Å². The molecule has 0 aliphatic carbocycles. The van der Waals surface area contributed by atoms with E-state index in [1.54, 1.807) is 12.3 Å². The van der Waals surface area contributed by atoms with Gasteiger partial charge in [-0.2, -0.15) is 0 Å². The molecule has 0 bridgehead atoms. The van der Waals surface area contributed by atoms with Crippen molar-refractivity contribution < 1.29 is 9.90 Å². The lowest BCUT2D eigenvalue weighted by molar-refractivity contribution is -0.137. The minimum atomic E-state index is -0.893. The fourth-order valence-corrected chi connectivity index (χ4v) is 1.50. The van der Waals surface area contributed by atoms with Gasteiger partial charge in [0.15, 0.2) is 0 Å². The van der Waals surface area contributed by atoms with E-state index in [9.17, 15) is 4.79 Å². The molecule has 4 N–H and O–H groups in total. The molecule has 0 amide bonds. The Morgan fingerprint density at radius 3 is 2.92 bits per heavy atom. The van der Waals surface area contributed by atoms with Gasteiger partial charge in [0.2, 0.25) is 0 Å². The van der Waals surface area contributed by atoms with Crippen LogP contribution in [0, 0.1) is 0 Å². The average Bonchev–Trinajstić information content (AvgIpc) is 2.33. The van der Waals surface area contributed by atoms with Gasteiger partial charge in [0.1, 0.15) is 0 Å². The topological polar surface area (TPSA) is 79.1 Å². The van der Waals surface area contributed by atoms with Crippen LogP contribution in [-0.2, 0) is 4.79 Å². The van der Waals surface area contributed by atoms with Crippen molar-refractivity contribution in [2.75, 3.05) is 0 Å². The molecule has 0 aromatic carbocycles. The zero-order valence-corrected chi connectivity index (χ0v) is 7.84. The molecule has 1 unspecified atom stereocenters. The van der Waals surface area contributed by atoms with Crippen molar-refractivity contribution in [1.82, 2.24) is 4.98 Å². The Labute approximate surface area is 77.9 Å². The largest absolute Gasteiger partial charge is 0.481 e. The molecule has 0 saturated carbocycles. The number of hydrogen-bond acceptors (Lipinski definition) is 2. The molecule has 5 heteroatoms. The fraction of sp³-hybridized carbons (Fsp3) is 0.286. The Morgan fingerprint density at radius 1 is 1.83 bits per heavy atom. The normalized spacial score (nSPS) is 12.8. The Bertz CT molecular complexity index is 285. The SMILES string of the molecule is NC(CC(=O)O)c1cc[nH]c1Br. The summed E-state index contributed by atoms with van der Waals surface area (Å²) in [6, 6.07) is 1.31. The van der Waals surface area contributed by atoms with Crippen LogP contribution in [-0.4, -0.2) is 16.1 Å². The van der Waals surface area contributed by atoms with Crippen LogP contribution >= 0.6 is 15.9 Å². The van der Waals surface area contributed by atoms with Crippen LogP contribution in [0.15, 0.2) is 16.9 Å². The van der Waals surface area contributed by atoms with Crippen molar-refractivity contribution in [3.05, 3.63) is 22.4 Å². The number of hydrogen-bond donors (Lipinski definition) is 3. The lowest BCUT2D eigenvalue weighted by Crippen LogP contribution is -2.14. The maximum Gasteiger partial charge on any atom is 0.305 e. The highest BCUT2D eigenvalue weighted by atomic mass is 79.9. The van der Waals surface area contributed by atoms with Crippen molar-refractivity contribution >= 4 is 21.9 Å². The number of carbonyl (C=O) groups is 1. The zero-order chi connectivity index (χ0) is 9.14. The summed E-state index contributed by atoms with van der Waals surface area (Å²) in [5.41, 5.74) is 6.40. The number of rotatable bonds is 3. The van der Waals surface area contributed by atoms with E-state index in [0.29, 0.717) is 0 Å². The predicted molar refractivity (Wildman–Crippen MR) is 47.7 cm³/mol. The van der Waals surface area contributed by atoms with Crippen molar-refractivity contribution in [2.24, 2.45) is 5.73 Å². The van der Waals surface area contributed by atoms with Gasteiger partial charge in [0, 0.05) is 17.8 Å². The van der Waals surface area contributed by atoms with E-state index in [1.165, 1.54) is 0 Å². The van der Waals surface area contributed by atoms with Crippen LogP contribution in [0.3, 0.4) is 0 Å². The summed E-state index contributed by atoms with van der Waals surface area (Å²) in [4.78, 5) is 13.2. The third-order valence-corrected chi connectivity index (χ3v) is 2.21. The van der Waals surface area contributed by atoms with Gasteiger partial charge in [-0.1, -0.05) is 0 Å². The predicted octanol–water partition coefficient (Wildman–Crippen LogP) is 1.25. The van der Waals surface area contributed by atoms with Crippen molar-refractivity contribution in [2.45, 2.75) is 12.5 Å². The van der Waals surface area contributed by atoms with Gasteiger partial charge in [-0.15, -0.1) is 0 Å². The maximum absolute atomic E-state index is 10.3. The zero-order valence-electron chi connectivity index (χ0n) is 6.25. The summed E-state index contributed by atoms with van der Waals surface area (Å²) in [6.07, 6.45) is 1.65. The smallest absolute Gasteiger partial charge is 0.305 e. The standard InChI is InChI=1S/C7H9BrN2O2/c8-7-4(1-2-10-7)5(9)3-6(11)12/h1-2,5,10H,3,9H2,(H,11,12). The van der Waals surface area contributed by atoms with Crippen LogP contribution in [0.4, 0.5) is 0 Å². The lowest BCUT2D eigenvalue weighted by Gasteiger charge is -2.06. The van der Waals surface area contributed by atoms with Crippen LogP contribution in [0.5, 0.6) is 0 Å². The quantitative estimate of drug-likeness (QED) is 0.735.